The summed E-state index contributed by atoms with van der Waals surface area (Å²) in [7, 11) is 0. The molecule has 1 N–H and O–H groups in total. The number of ether oxygens (including phenoxy) is 1. The highest BCUT2D eigenvalue weighted by Gasteiger charge is 2.23. The van der Waals surface area contributed by atoms with E-state index in [-0.39, 0.29) is 0 Å². The molecule has 0 saturated heterocycles. The lowest BCUT2D eigenvalue weighted by Crippen LogP contribution is -2.05. The molecule has 1 unspecified atom stereocenters. The molecule has 2 nitrogen and oxygen atoms in total. The SMILES string of the molecule is CCOc1ccc(C2Cc3cccc(Cl)c3N2)cc1. The van der Waals surface area contributed by atoms with Gasteiger partial charge in [-0.25, -0.2) is 0 Å². The minimum Gasteiger partial charge on any atom is -0.494 e. The monoisotopic (exact) mass is 273 g/mol. The van der Waals surface area contributed by atoms with Crippen molar-refractivity contribution < 1.29 is 4.74 Å². The van der Waals surface area contributed by atoms with Gasteiger partial charge < -0.3 is 10.1 Å². The number of hydrogen-bond acceptors (Lipinski definition) is 2. The van der Waals surface area contributed by atoms with E-state index in [0.717, 1.165) is 22.9 Å². The molecule has 0 saturated carbocycles. The van der Waals surface area contributed by atoms with Gasteiger partial charge in [-0.2, -0.15) is 0 Å². The van der Waals surface area contributed by atoms with E-state index in [2.05, 4.69) is 23.5 Å². The number of halogens is 1. The largest absolute Gasteiger partial charge is 0.494 e. The number of nitrogens with one attached hydrogen (secondary N) is 1. The third kappa shape index (κ3) is 2.41. The maximum atomic E-state index is 6.21. The molecule has 0 spiro atoms. The van der Waals surface area contributed by atoms with E-state index in [1.807, 2.05) is 31.2 Å². The lowest BCUT2D eigenvalue weighted by atomic mass is 10.0. The number of hydrogen-bond donors (Lipinski definition) is 1. The fourth-order valence-corrected chi connectivity index (χ4v) is 2.76. The van der Waals surface area contributed by atoms with Gasteiger partial charge in [0.15, 0.2) is 0 Å². The summed E-state index contributed by atoms with van der Waals surface area (Å²) in [5, 5.41) is 4.29. The summed E-state index contributed by atoms with van der Waals surface area (Å²) in [5.74, 6) is 0.916. The number of benzene rings is 2. The van der Waals surface area contributed by atoms with E-state index in [1.165, 1.54) is 11.1 Å². The molecule has 1 atom stereocenters. The van der Waals surface area contributed by atoms with Crippen molar-refractivity contribution in [2.75, 3.05) is 11.9 Å². The Morgan fingerprint density at radius 2 is 2.00 bits per heavy atom. The van der Waals surface area contributed by atoms with Crippen molar-refractivity contribution >= 4 is 17.3 Å². The Bertz CT molecular complexity index is 580. The summed E-state index contributed by atoms with van der Waals surface area (Å²) >= 11 is 6.21. The third-order valence-corrected chi connectivity index (χ3v) is 3.75. The summed E-state index contributed by atoms with van der Waals surface area (Å²) in [6.45, 7) is 2.69. The first-order chi connectivity index (χ1) is 9.28. The molecule has 3 rings (SSSR count). The standard InChI is InChI=1S/C16H16ClNO/c1-2-19-13-8-6-11(7-9-13)15-10-12-4-3-5-14(17)16(12)18-15/h3-9,15,18H,2,10H2,1H3. The van der Waals surface area contributed by atoms with E-state index in [1.54, 1.807) is 0 Å². The van der Waals surface area contributed by atoms with Gasteiger partial charge in [-0.05, 0) is 42.7 Å². The quantitative estimate of drug-likeness (QED) is 0.892. The summed E-state index contributed by atoms with van der Waals surface area (Å²) in [6.07, 6.45) is 0.976. The van der Waals surface area contributed by atoms with Crippen molar-refractivity contribution in [1.82, 2.24) is 0 Å². The van der Waals surface area contributed by atoms with Crippen LogP contribution in [0.2, 0.25) is 5.02 Å². The van der Waals surface area contributed by atoms with E-state index in [4.69, 9.17) is 16.3 Å². The van der Waals surface area contributed by atoms with Crippen LogP contribution in [0.3, 0.4) is 0 Å². The molecule has 0 bridgehead atoms. The third-order valence-electron chi connectivity index (χ3n) is 3.44. The van der Waals surface area contributed by atoms with Crippen LogP contribution in [0, 0.1) is 0 Å². The first-order valence-corrected chi connectivity index (χ1v) is 6.92. The Labute approximate surface area is 118 Å². The molecule has 3 heteroatoms. The van der Waals surface area contributed by atoms with Crippen LogP contribution in [-0.2, 0) is 6.42 Å². The lowest BCUT2D eigenvalue weighted by molar-refractivity contribution is 0.340. The van der Waals surface area contributed by atoms with Crippen LogP contribution in [0.15, 0.2) is 42.5 Å². The van der Waals surface area contributed by atoms with Gasteiger partial charge in [-0.3, -0.25) is 0 Å². The van der Waals surface area contributed by atoms with Crippen molar-refractivity contribution in [3.63, 3.8) is 0 Å². The Morgan fingerprint density at radius 3 is 2.68 bits per heavy atom. The van der Waals surface area contributed by atoms with Gasteiger partial charge in [-0.1, -0.05) is 35.9 Å². The van der Waals surface area contributed by atoms with Gasteiger partial charge >= 0.3 is 0 Å². The first-order valence-electron chi connectivity index (χ1n) is 6.54. The molecular weight excluding hydrogens is 258 g/mol. The molecule has 19 heavy (non-hydrogen) atoms. The molecule has 1 heterocycles. The summed E-state index contributed by atoms with van der Waals surface area (Å²) in [4.78, 5) is 0. The Kier molecular flexibility index (Phi) is 3.34. The van der Waals surface area contributed by atoms with E-state index in [9.17, 15) is 0 Å². The highest BCUT2D eigenvalue weighted by molar-refractivity contribution is 6.33. The second kappa shape index (κ2) is 5.14. The molecule has 0 aliphatic carbocycles. The topological polar surface area (TPSA) is 21.3 Å². The maximum Gasteiger partial charge on any atom is 0.119 e. The summed E-state index contributed by atoms with van der Waals surface area (Å²) < 4.78 is 5.46. The van der Waals surface area contributed by atoms with Gasteiger partial charge in [0.05, 0.1) is 23.4 Å². The van der Waals surface area contributed by atoms with Gasteiger partial charge in [-0.15, -0.1) is 0 Å². The Balaban J connectivity index is 1.81. The molecular formula is C16H16ClNO. The van der Waals surface area contributed by atoms with Gasteiger partial charge in [0.1, 0.15) is 5.75 Å². The normalized spacial score (nSPS) is 16.8. The molecule has 0 radical (unpaired) electrons. The highest BCUT2D eigenvalue weighted by Crippen LogP contribution is 2.38. The van der Waals surface area contributed by atoms with Crippen LogP contribution in [0.25, 0.3) is 0 Å². The van der Waals surface area contributed by atoms with Crippen molar-refractivity contribution in [2.45, 2.75) is 19.4 Å². The van der Waals surface area contributed by atoms with E-state index >= 15 is 0 Å². The molecule has 2 aromatic carbocycles. The zero-order chi connectivity index (χ0) is 13.2. The smallest absolute Gasteiger partial charge is 0.119 e. The highest BCUT2D eigenvalue weighted by atomic mass is 35.5. The molecule has 0 fully saturated rings. The minimum absolute atomic E-state index is 0.297. The van der Waals surface area contributed by atoms with E-state index < -0.39 is 0 Å². The predicted octanol–water partition coefficient (Wildman–Crippen LogP) is 4.45. The average Bonchev–Trinajstić information content (AvgIpc) is 2.85. The minimum atomic E-state index is 0.297. The molecule has 1 aliphatic heterocycles. The van der Waals surface area contributed by atoms with Crippen LogP contribution in [0.1, 0.15) is 24.1 Å². The average molecular weight is 274 g/mol. The van der Waals surface area contributed by atoms with Crippen LogP contribution in [0.5, 0.6) is 5.75 Å². The van der Waals surface area contributed by atoms with Crippen molar-refractivity contribution in [3.8, 4) is 5.75 Å². The Hall–Kier alpha value is -1.67. The van der Waals surface area contributed by atoms with Crippen LogP contribution >= 0.6 is 11.6 Å². The van der Waals surface area contributed by atoms with Crippen molar-refractivity contribution in [1.29, 1.82) is 0 Å². The van der Waals surface area contributed by atoms with Gasteiger partial charge in [0.2, 0.25) is 0 Å². The summed E-state index contributed by atoms with van der Waals surface area (Å²) in [5.41, 5.74) is 3.62. The molecule has 2 aromatic rings. The fourth-order valence-electron chi connectivity index (χ4n) is 2.51. The second-order valence-electron chi connectivity index (χ2n) is 4.68. The Morgan fingerprint density at radius 1 is 1.21 bits per heavy atom. The fraction of sp³-hybridized carbons (Fsp3) is 0.250. The van der Waals surface area contributed by atoms with E-state index in [0.29, 0.717) is 12.6 Å². The van der Waals surface area contributed by atoms with Gasteiger partial charge in [0, 0.05) is 0 Å². The number of rotatable bonds is 3. The van der Waals surface area contributed by atoms with Crippen LogP contribution in [-0.4, -0.2) is 6.61 Å². The molecule has 98 valence electrons. The molecule has 1 aliphatic rings. The lowest BCUT2D eigenvalue weighted by Gasteiger charge is -2.13. The van der Waals surface area contributed by atoms with Crippen molar-refractivity contribution in [2.24, 2.45) is 0 Å². The molecule has 0 aromatic heterocycles. The van der Waals surface area contributed by atoms with Gasteiger partial charge in [0.25, 0.3) is 0 Å². The van der Waals surface area contributed by atoms with Crippen LogP contribution < -0.4 is 10.1 Å². The zero-order valence-electron chi connectivity index (χ0n) is 10.8. The van der Waals surface area contributed by atoms with Crippen molar-refractivity contribution in [3.05, 3.63) is 58.6 Å². The van der Waals surface area contributed by atoms with Crippen LogP contribution in [0.4, 0.5) is 5.69 Å². The second-order valence-corrected chi connectivity index (χ2v) is 5.08. The number of fused-ring (bicyclic) bond motifs is 1. The summed E-state index contributed by atoms with van der Waals surface area (Å²) in [6, 6.07) is 14.6. The number of para-hydroxylation sites is 1. The predicted molar refractivity (Wildman–Crippen MR) is 79.1 cm³/mol. The maximum absolute atomic E-state index is 6.21. The number of anilines is 1. The first kappa shape index (κ1) is 12.4. The zero-order valence-corrected chi connectivity index (χ0v) is 11.6. The molecule has 0 amide bonds.